The van der Waals surface area contributed by atoms with Crippen molar-refractivity contribution in [3.05, 3.63) is 54.2 Å². The van der Waals surface area contributed by atoms with E-state index in [4.69, 9.17) is 4.42 Å². The number of amides is 1. The van der Waals surface area contributed by atoms with E-state index in [1.165, 1.54) is 12.1 Å². The third-order valence-corrected chi connectivity index (χ3v) is 4.28. The van der Waals surface area contributed by atoms with Crippen LogP contribution in [0.3, 0.4) is 0 Å². The van der Waals surface area contributed by atoms with Crippen molar-refractivity contribution >= 4 is 11.6 Å². The molecule has 108 valence electrons. The standard InChI is InChI=1S/C16H15FN2O2/c17-11-5-7-12(8-6-11)19-15(14-4-2-10-21-14)18-9-1-3-13(18)16(19)20/h2,4-8,10,13,15H,1,3,9H2/t13-,15-/m1/s1. The molecule has 4 rings (SSSR count). The lowest BCUT2D eigenvalue weighted by Crippen LogP contribution is -2.32. The molecule has 2 aliphatic rings. The fourth-order valence-electron chi connectivity index (χ4n) is 3.38. The van der Waals surface area contributed by atoms with Crippen LogP contribution in [-0.4, -0.2) is 23.4 Å². The van der Waals surface area contributed by atoms with E-state index < -0.39 is 0 Å². The van der Waals surface area contributed by atoms with E-state index in [-0.39, 0.29) is 23.9 Å². The zero-order valence-corrected chi connectivity index (χ0v) is 11.4. The lowest BCUT2D eigenvalue weighted by atomic mass is 10.2. The van der Waals surface area contributed by atoms with Crippen LogP contribution in [-0.2, 0) is 4.79 Å². The third-order valence-electron chi connectivity index (χ3n) is 4.28. The molecule has 3 heterocycles. The van der Waals surface area contributed by atoms with E-state index in [9.17, 15) is 9.18 Å². The minimum absolute atomic E-state index is 0.0699. The molecule has 0 N–H and O–H groups in total. The molecule has 0 unspecified atom stereocenters. The van der Waals surface area contributed by atoms with Crippen molar-refractivity contribution in [2.24, 2.45) is 0 Å². The van der Waals surface area contributed by atoms with Gasteiger partial charge in [-0.3, -0.25) is 14.6 Å². The Labute approximate surface area is 121 Å². The Kier molecular flexibility index (Phi) is 2.82. The van der Waals surface area contributed by atoms with E-state index in [1.54, 1.807) is 23.3 Å². The summed E-state index contributed by atoms with van der Waals surface area (Å²) in [6.45, 7) is 0.874. The van der Waals surface area contributed by atoms with Crippen molar-refractivity contribution in [3.8, 4) is 0 Å². The van der Waals surface area contributed by atoms with Gasteiger partial charge in [0.05, 0.1) is 12.3 Å². The first-order valence-corrected chi connectivity index (χ1v) is 7.13. The molecule has 0 saturated carbocycles. The van der Waals surface area contributed by atoms with Gasteiger partial charge in [-0.05, 0) is 49.2 Å². The highest BCUT2D eigenvalue weighted by atomic mass is 19.1. The average molecular weight is 286 g/mol. The van der Waals surface area contributed by atoms with Gasteiger partial charge in [-0.15, -0.1) is 0 Å². The van der Waals surface area contributed by atoms with Crippen LogP contribution >= 0.6 is 0 Å². The Morgan fingerprint density at radius 2 is 2.00 bits per heavy atom. The van der Waals surface area contributed by atoms with Gasteiger partial charge < -0.3 is 4.42 Å². The maximum Gasteiger partial charge on any atom is 0.246 e. The average Bonchev–Trinajstić information content (AvgIpc) is 3.19. The van der Waals surface area contributed by atoms with E-state index in [1.807, 2.05) is 12.1 Å². The summed E-state index contributed by atoms with van der Waals surface area (Å²) in [5.41, 5.74) is 0.706. The van der Waals surface area contributed by atoms with Crippen molar-refractivity contribution in [3.63, 3.8) is 0 Å². The molecule has 2 aliphatic heterocycles. The van der Waals surface area contributed by atoms with Crippen LogP contribution in [0.2, 0.25) is 0 Å². The van der Waals surface area contributed by atoms with Crippen LogP contribution in [0.4, 0.5) is 10.1 Å². The van der Waals surface area contributed by atoms with Gasteiger partial charge in [-0.25, -0.2) is 4.39 Å². The zero-order chi connectivity index (χ0) is 14.4. The van der Waals surface area contributed by atoms with E-state index in [2.05, 4.69) is 4.90 Å². The number of hydrogen-bond acceptors (Lipinski definition) is 3. The first-order chi connectivity index (χ1) is 10.3. The zero-order valence-electron chi connectivity index (χ0n) is 11.4. The number of furan rings is 1. The van der Waals surface area contributed by atoms with Crippen molar-refractivity contribution in [1.29, 1.82) is 0 Å². The van der Waals surface area contributed by atoms with Crippen molar-refractivity contribution in [2.75, 3.05) is 11.4 Å². The van der Waals surface area contributed by atoms with Crippen molar-refractivity contribution in [2.45, 2.75) is 25.0 Å². The molecule has 2 fully saturated rings. The minimum Gasteiger partial charge on any atom is -0.466 e. The van der Waals surface area contributed by atoms with Crippen LogP contribution < -0.4 is 4.90 Å². The van der Waals surface area contributed by atoms with Gasteiger partial charge in [-0.2, -0.15) is 0 Å². The predicted octanol–water partition coefficient (Wildman–Crippen LogP) is 2.93. The van der Waals surface area contributed by atoms with Crippen LogP contribution in [0.15, 0.2) is 47.1 Å². The van der Waals surface area contributed by atoms with Gasteiger partial charge in [0.15, 0.2) is 0 Å². The Bertz CT molecular complexity index is 653. The molecule has 4 nitrogen and oxygen atoms in total. The van der Waals surface area contributed by atoms with Crippen LogP contribution in [0, 0.1) is 5.82 Å². The lowest BCUT2D eigenvalue weighted by Gasteiger charge is -2.27. The molecule has 1 amide bonds. The van der Waals surface area contributed by atoms with Gasteiger partial charge >= 0.3 is 0 Å². The number of anilines is 1. The Morgan fingerprint density at radius 3 is 2.71 bits per heavy atom. The van der Waals surface area contributed by atoms with Crippen molar-refractivity contribution < 1.29 is 13.6 Å². The number of fused-ring (bicyclic) bond motifs is 1. The Hall–Kier alpha value is -2.14. The first kappa shape index (κ1) is 12.6. The summed E-state index contributed by atoms with van der Waals surface area (Å²) >= 11 is 0. The summed E-state index contributed by atoms with van der Waals surface area (Å²) < 4.78 is 18.7. The molecule has 21 heavy (non-hydrogen) atoms. The fraction of sp³-hybridized carbons (Fsp3) is 0.312. The molecule has 1 aromatic carbocycles. The highest BCUT2D eigenvalue weighted by Gasteiger charge is 2.50. The molecule has 2 saturated heterocycles. The van der Waals surface area contributed by atoms with Crippen LogP contribution in [0.25, 0.3) is 0 Å². The summed E-state index contributed by atoms with van der Waals surface area (Å²) in [5.74, 6) is 0.512. The summed E-state index contributed by atoms with van der Waals surface area (Å²) in [6, 6.07) is 9.67. The topological polar surface area (TPSA) is 36.7 Å². The number of halogens is 1. The summed E-state index contributed by atoms with van der Waals surface area (Å²) in [4.78, 5) is 16.6. The Balaban J connectivity index is 1.79. The van der Waals surface area contributed by atoms with E-state index >= 15 is 0 Å². The lowest BCUT2D eigenvalue weighted by molar-refractivity contribution is -0.119. The molecule has 0 bridgehead atoms. The molecular weight excluding hydrogens is 271 g/mol. The monoisotopic (exact) mass is 286 g/mol. The van der Waals surface area contributed by atoms with Gasteiger partial charge in [-0.1, -0.05) is 0 Å². The molecule has 2 atom stereocenters. The second kappa shape index (κ2) is 4.70. The molecule has 0 spiro atoms. The molecule has 1 aromatic heterocycles. The number of nitrogens with zero attached hydrogens (tertiary/aromatic N) is 2. The fourth-order valence-corrected chi connectivity index (χ4v) is 3.38. The minimum atomic E-state index is -0.305. The second-order valence-corrected chi connectivity index (χ2v) is 5.47. The maximum atomic E-state index is 13.1. The Morgan fingerprint density at radius 1 is 1.19 bits per heavy atom. The number of hydrogen-bond donors (Lipinski definition) is 0. The normalized spacial score (nSPS) is 25.6. The van der Waals surface area contributed by atoms with Crippen LogP contribution in [0.5, 0.6) is 0 Å². The number of benzene rings is 1. The highest BCUT2D eigenvalue weighted by molar-refractivity contribution is 6.00. The van der Waals surface area contributed by atoms with Gasteiger partial charge in [0.2, 0.25) is 5.91 Å². The quantitative estimate of drug-likeness (QED) is 0.851. The molecule has 2 aromatic rings. The van der Waals surface area contributed by atoms with Gasteiger partial charge in [0, 0.05) is 12.2 Å². The van der Waals surface area contributed by atoms with Crippen molar-refractivity contribution in [1.82, 2.24) is 4.90 Å². The molecular formula is C16H15FN2O2. The second-order valence-electron chi connectivity index (χ2n) is 5.47. The van der Waals surface area contributed by atoms with Gasteiger partial charge in [0.25, 0.3) is 0 Å². The number of carbonyl (C=O) groups is 1. The van der Waals surface area contributed by atoms with E-state index in [0.717, 1.165) is 25.1 Å². The largest absolute Gasteiger partial charge is 0.466 e. The smallest absolute Gasteiger partial charge is 0.246 e. The number of carbonyl (C=O) groups excluding carboxylic acids is 1. The summed E-state index contributed by atoms with van der Waals surface area (Å²) in [7, 11) is 0. The SMILES string of the molecule is O=C1[C@H]2CCCN2[C@@H](c2ccco2)N1c1ccc(F)cc1. The molecule has 0 aliphatic carbocycles. The number of rotatable bonds is 2. The highest BCUT2D eigenvalue weighted by Crippen LogP contribution is 2.42. The molecule has 0 radical (unpaired) electrons. The summed E-state index contributed by atoms with van der Waals surface area (Å²) in [5, 5.41) is 0. The predicted molar refractivity (Wildman–Crippen MR) is 75.1 cm³/mol. The molecule has 5 heteroatoms. The third kappa shape index (κ3) is 1.88. The van der Waals surface area contributed by atoms with Crippen LogP contribution in [0.1, 0.15) is 24.8 Å². The van der Waals surface area contributed by atoms with E-state index in [0.29, 0.717) is 5.69 Å². The maximum absolute atomic E-state index is 13.1. The first-order valence-electron chi connectivity index (χ1n) is 7.13. The van der Waals surface area contributed by atoms with Gasteiger partial charge in [0.1, 0.15) is 17.7 Å². The summed E-state index contributed by atoms with van der Waals surface area (Å²) in [6.07, 6.45) is 3.27.